The van der Waals surface area contributed by atoms with E-state index < -0.39 is 9.05 Å². The standard InChI is InChI=1S/C12H9Cl2N3O3S/c1-20-7-10-11(21(14,18)19)12(13)17(16-10)9-4-2-3-8(5-9)6-15/h2-5H,7H2,1H3. The second-order valence-electron chi connectivity index (χ2n) is 4.01. The second kappa shape index (κ2) is 6.03. The molecule has 2 rings (SSSR count). The van der Waals surface area contributed by atoms with Crippen molar-refractivity contribution in [2.24, 2.45) is 0 Å². The quantitative estimate of drug-likeness (QED) is 0.794. The van der Waals surface area contributed by atoms with Crippen LogP contribution in [-0.4, -0.2) is 25.3 Å². The van der Waals surface area contributed by atoms with Gasteiger partial charge in [-0.25, -0.2) is 13.1 Å². The minimum atomic E-state index is -4.08. The maximum absolute atomic E-state index is 11.6. The Balaban J connectivity index is 2.68. The van der Waals surface area contributed by atoms with E-state index in [9.17, 15) is 8.42 Å². The van der Waals surface area contributed by atoms with Crippen LogP contribution in [0.4, 0.5) is 0 Å². The van der Waals surface area contributed by atoms with E-state index in [2.05, 4.69) is 5.10 Å². The number of rotatable bonds is 4. The molecule has 110 valence electrons. The van der Waals surface area contributed by atoms with Gasteiger partial charge in [0.25, 0.3) is 9.05 Å². The van der Waals surface area contributed by atoms with Crippen LogP contribution in [0.1, 0.15) is 11.3 Å². The van der Waals surface area contributed by atoms with Gasteiger partial charge in [-0.2, -0.15) is 10.4 Å². The second-order valence-corrected chi connectivity index (χ2v) is 6.87. The summed E-state index contributed by atoms with van der Waals surface area (Å²) >= 11 is 6.08. The monoisotopic (exact) mass is 345 g/mol. The van der Waals surface area contributed by atoms with Gasteiger partial charge in [0.1, 0.15) is 10.6 Å². The highest BCUT2D eigenvalue weighted by molar-refractivity contribution is 8.13. The van der Waals surface area contributed by atoms with Gasteiger partial charge in [0, 0.05) is 17.8 Å². The summed E-state index contributed by atoms with van der Waals surface area (Å²) in [5.41, 5.74) is 0.936. The summed E-state index contributed by atoms with van der Waals surface area (Å²) in [5, 5.41) is 12.8. The van der Waals surface area contributed by atoms with Crippen LogP contribution in [0.15, 0.2) is 29.2 Å². The Morgan fingerprint density at radius 2 is 2.19 bits per heavy atom. The number of nitriles is 1. The number of halogens is 2. The Hall–Kier alpha value is -1.59. The molecule has 1 aromatic heterocycles. The first kappa shape index (κ1) is 15.8. The van der Waals surface area contributed by atoms with Crippen molar-refractivity contribution in [3.63, 3.8) is 0 Å². The van der Waals surface area contributed by atoms with Gasteiger partial charge in [-0.05, 0) is 18.2 Å². The van der Waals surface area contributed by atoms with Gasteiger partial charge in [-0.15, -0.1) is 0 Å². The van der Waals surface area contributed by atoms with Gasteiger partial charge in [0.15, 0.2) is 5.15 Å². The zero-order valence-electron chi connectivity index (χ0n) is 10.7. The van der Waals surface area contributed by atoms with Crippen LogP contribution in [0.3, 0.4) is 0 Å². The average molecular weight is 346 g/mol. The summed E-state index contributed by atoms with van der Waals surface area (Å²) in [7, 11) is 2.71. The van der Waals surface area contributed by atoms with Crippen molar-refractivity contribution in [3.8, 4) is 11.8 Å². The number of ether oxygens (including phenoxy) is 1. The SMILES string of the molecule is COCc1nn(-c2cccc(C#N)c2)c(Cl)c1S(=O)(=O)Cl. The molecule has 0 N–H and O–H groups in total. The summed E-state index contributed by atoms with van der Waals surface area (Å²) in [6.07, 6.45) is 0. The summed E-state index contributed by atoms with van der Waals surface area (Å²) in [4.78, 5) is -0.296. The van der Waals surface area contributed by atoms with Crippen molar-refractivity contribution in [1.82, 2.24) is 9.78 Å². The van der Waals surface area contributed by atoms with Crippen molar-refractivity contribution in [3.05, 3.63) is 40.7 Å². The van der Waals surface area contributed by atoms with Gasteiger partial charge in [0.05, 0.1) is 23.9 Å². The lowest BCUT2D eigenvalue weighted by Crippen LogP contribution is -1.98. The molecule has 0 aliphatic heterocycles. The van der Waals surface area contributed by atoms with Gasteiger partial charge in [-0.1, -0.05) is 17.7 Å². The third kappa shape index (κ3) is 3.19. The number of methoxy groups -OCH3 is 1. The van der Waals surface area contributed by atoms with Crippen LogP contribution in [0.5, 0.6) is 0 Å². The molecule has 0 saturated heterocycles. The van der Waals surface area contributed by atoms with Crippen LogP contribution in [0.2, 0.25) is 5.15 Å². The minimum absolute atomic E-state index is 0.0635. The van der Waals surface area contributed by atoms with Crippen molar-refractivity contribution in [1.29, 1.82) is 5.26 Å². The zero-order chi connectivity index (χ0) is 15.6. The summed E-state index contributed by atoms with van der Waals surface area (Å²) in [6, 6.07) is 8.39. The van der Waals surface area contributed by atoms with E-state index in [1.54, 1.807) is 18.2 Å². The Bertz CT molecular complexity index is 825. The maximum Gasteiger partial charge on any atom is 0.266 e. The van der Waals surface area contributed by atoms with Crippen LogP contribution < -0.4 is 0 Å². The largest absolute Gasteiger partial charge is 0.378 e. The molecule has 0 aliphatic carbocycles. The lowest BCUT2D eigenvalue weighted by Gasteiger charge is -2.03. The molecule has 0 spiro atoms. The Kier molecular flexibility index (Phi) is 4.54. The number of hydrogen-bond acceptors (Lipinski definition) is 5. The third-order valence-electron chi connectivity index (χ3n) is 2.60. The lowest BCUT2D eigenvalue weighted by molar-refractivity contribution is 0.179. The first-order valence-electron chi connectivity index (χ1n) is 5.60. The molecule has 9 heteroatoms. The summed E-state index contributed by atoms with van der Waals surface area (Å²) in [5.74, 6) is 0. The third-order valence-corrected chi connectivity index (χ3v) is 4.44. The summed E-state index contributed by atoms with van der Waals surface area (Å²) < 4.78 is 29.4. The fourth-order valence-electron chi connectivity index (χ4n) is 1.78. The highest BCUT2D eigenvalue weighted by Gasteiger charge is 2.27. The molecule has 1 heterocycles. The van der Waals surface area contributed by atoms with E-state index in [-0.39, 0.29) is 22.3 Å². The first-order valence-corrected chi connectivity index (χ1v) is 8.28. The van der Waals surface area contributed by atoms with Crippen LogP contribution in [0.25, 0.3) is 5.69 Å². The molecule has 0 fully saturated rings. The molecule has 0 radical (unpaired) electrons. The normalized spacial score (nSPS) is 11.3. The highest BCUT2D eigenvalue weighted by Crippen LogP contribution is 2.31. The Morgan fingerprint density at radius 1 is 1.48 bits per heavy atom. The molecule has 21 heavy (non-hydrogen) atoms. The molecule has 0 bridgehead atoms. The van der Waals surface area contributed by atoms with Crippen LogP contribution in [-0.2, 0) is 20.4 Å². The molecule has 0 aliphatic rings. The molecule has 0 saturated carbocycles. The molecule has 2 aromatic rings. The Morgan fingerprint density at radius 3 is 2.76 bits per heavy atom. The van der Waals surface area contributed by atoms with E-state index in [0.717, 1.165) is 0 Å². The lowest BCUT2D eigenvalue weighted by atomic mass is 10.2. The van der Waals surface area contributed by atoms with Crippen molar-refractivity contribution in [2.75, 3.05) is 7.11 Å². The smallest absolute Gasteiger partial charge is 0.266 e. The number of benzene rings is 1. The van der Waals surface area contributed by atoms with Gasteiger partial charge < -0.3 is 4.74 Å². The van der Waals surface area contributed by atoms with Crippen molar-refractivity contribution >= 4 is 31.3 Å². The molecular weight excluding hydrogens is 337 g/mol. The average Bonchev–Trinajstić information content (AvgIpc) is 2.76. The molecule has 6 nitrogen and oxygen atoms in total. The first-order chi connectivity index (χ1) is 9.88. The topological polar surface area (TPSA) is 85.0 Å². The molecule has 0 atom stereocenters. The number of nitrogens with zero attached hydrogens (tertiary/aromatic N) is 3. The Labute approximate surface area is 130 Å². The van der Waals surface area contributed by atoms with Crippen molar-refractivity contribution in [2.45, 2.75) is 11.5 Å². The summed E-state index contributed by atoms with van der Waals surface area (Å²) in [6.45, 7) is -0.0635. The van der Waals surface area contributed by atoms with E-state index in [0.29, 0.717) is 11.3 Å². The van der Waals surface area contributed by atoms with Gasteiger partial charge >= 0.3 is 0 Å². The zero-order valence-corrected chi connectivity index (χ0v) is 13.1. The predicted molar refractivity (Wildman–Crippen MR) is 77.0 cm³/mol. The fraction of sp³-hybridized carbons (Fsp3) is 0.167. The van der Waals surface area contributed by atoms with Gasteiger partial charge in [-0.3, -0.25) is 0 Å². The van der Waals surface area contributed by atoms with Crippen LogP contribution in [0, 0.1) is 11.3 Å². The predicted octanol–water partition coefficient (Wildman–Crippen LogP) is 2.47. The van der Waals surface area contributed by atoms with E-state index in [1.165, 1.54) is 17.9 Å². The molecular formula is C12H9Cl2N3O3S. The van der Waals surface area contributed by atoms with Crippen molar-refractivity contribution < 1.29 is 13.2 Å². The number of hydrogen-bond donors (Lipinski definition) is 0. The molecule has 0 unspecified atom stereocenters. The van der Waals surface area contributed by atoms with E-state index in [4.69, 9.17) is 32.3 Å². The van der Waals surface area contributed by atoms with Gasteiger partial charge in [0.2, 0.25) is 0 Å². The fourth-order valence-corrected chi connectivity index (χ4v) is 3.60. The van der Waals surface area contributed by atoms with E-state index in [1.807, 2.05) is 6.07 Å². The van der Waals surface area contributed by atoms with Crippen LogP contribution >= 0.6 is 22.3 Å². The number of aromatic nitrogens is 2. The highest BCUT2D eigenvalue weighted by atomic mass is 35.7. The molecule has 1 aromatic carbocycles. The maximum atomic E-state index is 11.6. The molecule has 0 amide bonds. The minimum Gasteiger partial charge on any atom is -0.378 e. The van der Waals surface area contributed by atoms with E-state index >= 15 is 0 Å².